The predicted octanol–water partition coefficient (Wildman–Crippen LogP) is -4.34. The number of amides is 1. The van der Waals surface area contributed by atoms with E-state index in [-0.39, 0.29) is 6.61 Å². The average molecular weight is 817 g/mol. The number of carboxylic acids is 1. The molecule has 21 nitrogen and oxygen atoms in total. The van der Waals surface area contributed by atoms with Gasteiger partial charge < -0.3 is 95.6 Å². The molecule has 0 aromatic carbocycles. The third kappa shape index (κ3) is 12.6. The Hall–Kier alpha value is -1.74. The first-order chi connectivity index (χ1) is 26.5. The molecule has 21 heteroatoms. The van der Waals surface area contributed by atoms with Gasteiger partial charge >= 0.3 is 5.97 Å². The quantitative estimate of drug-likeness (QED) is 0.0434. The van der Waals surface area contributed by atoms with E-state index in [1.165, 1.54) is 25.7 Å². The van der Waals surface area contributed by atoms with Crippen LogP contribution in [0, 0.1) is 0 Å². The highest BCUT2D eigenvalue weighted by Gasteiger charge is 2.60. The summed E-state index contributed by atoms with van der Waals surface area (Å²) in [5.74, 6) is -5.73. The first-order valence-corrected chi connectivity index (χ1v) is 19.3. The zero-order chi connectivity index (χ0) is 41.7. The summed E-state index contributed by atoms with van der Waals surface area (Å²) in [7, 11) is 0. The number of aliphatic hydroxyl groups excluding tert-OH is 10. The molecule has 3 saturated heterocycles. The van der Waals surface area contributed by atoms with Crippen LogP contribution in [-0.4, -0.2) is 198 Å². The summed E-state index contributed by atoms with van der Waals surface area (Å²) in [5, 5.41) is 118. The number of nitrogens with one attached hydrogen (secondary N) is 1. The largest absolute Gasteiger partial charge is 0.477 e. The van der Waals surface area contributed by atoms with E-state index >= 15 is 0 Å². The first kappa shape index (κ1) is 48.6. The summed E-state index contributed by atoms with van der Waals surface area (Å²) >= 11 is 0. The number of hydrogen-bond acceptors (Lipinski definition) is 19. The van der Waals surface area contributed by atoms with Gasteiger partial charge in [-0.15, -0.1) is 0 Å². The van der Waals surface area contributed by atoms with Crippen LogP contribution in [0.4, 0.5) is 0 Å². The third-order valence-electron chi connectivity index (χ3n) is 10.3. The molecule has 0 spiro atoms. The molecule has 0 saturated carbocycles. The second kappa shape index (κ2) is 23.2. The fraction of sp³-hybridized carbons (Fsp3) is 0.943. The minimum Gasteiger partial charge on any atom is -0.477 e. The van der Waals surface area contributed by atoms with Crippen molar-refractivity contribution in [1.82, 2.24) is 5.32 Å². The minimum absolute atomic E-state index is 0.0430. The summed E-state index contributed by atoms with van der Waals surface area (Å²) in [6.07, 6.45) is -17.4. The van der Waals surface area contributed by atoms with E-state index in [1.807, 2.05) is 0 Å². The molecule has 3 aliphatic rings. The average Bonchev–Trinajstić information content (AvgIpc) is 3.16. The Morgan fingerprint density at radius 2 is 1.45 bits per heavy atom. The molecule has 3 aliphatic heterocycles. The fourth-order valence-corrected chi connectivity index (χ4v) is 7.13. The van der Waals surface area contributed by atoms with Crippen molar-refractivity contribution >= 4 is 11.9 Å². The van der Waals surface area contributed by atoms with Crippen molar-refractivity contribution in [1.29, 1.82) is 0 Å². The normalized spacial score (nSPS) is 38.1. The van der Waals surface area contributed by atoms with Crippen molar-refractivity contribution in [3.05, 3.63) is 0 Å². The standard InChI is InChI=1S/C35H64N2O19/c1-3-4-5-6-7-8-9-10-11-18(36)16-51-32-27(47)26(46)29(22(15-40)53-32)54-33-28(48)31(25(45)21(14-39)52-33)56-35(34(49)50)12-19(42)23(37-17(2)41)30(55-35)24(44)20(43)13-38/h18-33,38-40,42-48H,3-16,36H2,1-2H3,(H,37,41)(H,49,50)/t18?,19-,20+,21?,22?,23-,24+,25+,26-,27?,28+,29+,30?,31?,32-,33+,35-/m0/s1. The molecular formula is C35H64N2O19. The summed E-state index contributed by atoms with van der Waals surface area (Å²) < 4.78 is 33.9. The molecule has 56 heavy (non-hydrogen) atoms. The number of aliphatic hydroxyl groups is 10. The van der Waals surface area contributed by atoms with Gasteiger partial charge in [0.25, 0.3) is 5.79 Å². The van der Waals surface area contributed by atoms with Gasteiger partial charge in [-0.3, -0.25) is 4.79 Å². The molecule has 0 aromatic rings. The second-order valence-electron chi connectivity index (χ2n) is 14.8. The van der Waals surface area contributed by atoms with E-state index in [4.69, 9.17) is 34.2 Å². The number of hydrogen-bond donors (Lipinski definition) is 13. The Bertz CT molecular complexity index is 1170. The zero-order valence-corrected chi connectivity index (χ0v) is 31.9. The molecule has 0 aliphatic carbocycles. The molecule has 328 valence electrons. The van der Waals surface area contributed by atoms with Crippen LogP contribution in [0.5, 0.6) is 0 Å². The Morgan fingerprint density at radius 1 is 0.839 bits per heavy atom. The van der Waals surface area contributed by atoms with E-state index < -0.39 is 142 Å². The maximum Gasteiger partial charge on any atom is 0.364 e. The SMILES string of the molecule is CCCCCCCCCCC(N)CO[C@H]1OC(CO)[C@@H](O[C@H]2OC(CO)[C@@H](O)C(O[C@]3(C(=O)O)C[C@H](O)[C@H](NC(C)=O)C([C@H](O)[C@H](O)CO)O3)[C@H]2O)[C@@H](O)C1O. The number of aliphatic carboxylic acids is 1. The van der Waals surface area contributed by atoms with E-state index in [2.05, 4.69) is 12.2 Å². The first-order valence-electron chi connectivity index (χ1n) is 19.3. The summed E-state index contributed by atoms with van der Waals surface area (Å²) in [6.45, 7) is 0.364. The van der Waals surface area contributed by atoms with Crippen molar-refractivity contribution < 1.29 is 94.2 Å². The van der Waals surface area contributed by atoms with Crippen LogP contribution in [0.25, 0.3) is 0 Å². The smallest absolute Gasteiger partial charge is 0.364 e. The molecule has 1 amide bonds. The molecule has 6 unspecified atom stereocenters. The number of nitrogens with two attached hydrogens (primary N) is 1. The third-order valence-corrected chi connectivity index (χ3v) is 10.3. The molecule has 3 heterocycles. The van der Waals surface area contributed by atoms with Crippen molar-refractivity contribution in [3.8, 4) is 0 Å². The van der Waals surface area contributed by atoms with Gasteiger partial charge in [0.2, 0.25) is 5.91 Å². The maximum atomic E-state index is 12.8. The molecule has 17 atom stereocenters. The highest BCUT2D eigenvalue weighted by atomic mass is 16.8. The second-order valence-corrected chi connectivity index (χ2v) is 14.8. The molecule has 14 N–H and O–H groups in total. The van der Waals surface area contributed by atoms with Crippen molar-refractivity contribution in [3.63, 3.8) is 0 Å². The minimum atomic E-state index is -3.03. The number of unbranched alkanes of at least 4 members (excludes halogenated alkanes) is 7. The molecule has 3 rings (SSSR count). The van der Waals surface area contributed by atoms with Crippen molar-refractivity contribution in [2.45, 2.75) is 182 Å². The van der Waals surface area contributed by atoms with Crippen LogP contribution in [0.15, 0.2) is 0 Å². The van der Waals surface area contributed by atoms with Gasteiger partial charge in [0.05, 0.1) is 38.6 Å². The van der Waals surface area contributed by atoms with Gasteiger partial charge in [0, 0.05) is 19.4 Å². The van der Waals surface area contributed by atoms with E-state index in [9.17, 15) is 65.8 Å². The lowest BCUT2D eigenvalue weighted by molar-refractivity contribution is -0.386. The van der Waals surface area contributed by atoms with Crippen molar-refractivity contribution in [2.24, 2.45) is 5.73 Å². The van der Waals surface area contributed by atoms with Gasteiger partial charge in [0.15, 0.2) is 12.6 Å². The highest BCUT2D eigenvalue weighted by molar-refractivity contribution is 5.76. The number of carbonyl (C=O) groups excluding carboxylic acids is 1. The predicted molar refractivity (Wildman–Crippen MR) is 189 cm³/mol. The van der Waals surface area contributed by atoms with Crippen LogP contribution < -0.4 is 11.1 Å². The summed E-state index contributed by atoms with van der Waals surface area (Å²) in [5.41, 5.74) is 6.20. The molecular weight excluding hydrogens is 752 g/mol. The number of rotatable bonds is 23. The van der Waals surface area contributed by atoms with Crippen LogP contribution in [-0.2, 0) is 38.0 Å². The maximum absolute atomic E-state index is 12.8. The van der Waals surface area contributed by atoms with E-state index in [0.717, 1.165) is 32.6 Å². The van der Waals surface area contributed by atoms with Crippen LogP contribution in [0.3, 0.4) is 0 Å². The van der Waals surface area contributed by atoms with E-state index in [0.29, 0.717) is 6.42 Å². The topological polar surface area (TPSA) is 350 Å². The summed E-state index contributed by atoms with van der Waals surface area (Å²) in [6, 6.07) is -1.95. The monoisotopic (exact) mass is 816 g/mol. The Kier molecular flexibility index (Phi) is 20.1. The number of carbonyl (C=O) groups is 2. The lowest BCUT2D eigenvalue weighted by Crippen LogP contribution is -2.70. The molecule has 0 radical (unpaired) electrons. The van der Waals surface area contributed by atoms with Gasteiger partial charge in [-0.05, 0) is 6.42 Å². The number of carboxylic acid groups (broad SMARTS) is 1. The Balaban J connectivity index is 1.72. The Morgan fingerprint density at radius 3 is 2.02 bits per heavy atom. The number of ether oxygens (including phenoxy) is 6. The van der Waals surface area contributed by atoms with Crippen LogP contribution in [0.1, 0.15) is 78.1 Å². The van der Waals surface area contributed by atoms with Crippen molar-refractivity contribution in [2.75, 3.05) is 26.4 Å². The fourth-order valence-electron chi connectivity index (χ4n) is 7.13. The van der Waals surface area contributed by atoms with Crippen LogP contribution >= 0.6 is 0 Å². The summed E-state index contributed by atoms with van der Waals surface area (Å²) in [4.78, 5) is 24.6. The lowest BCUT2D eigenvalue weighted by atomic mass is 9.88. The van der Waals surface area contributed by atoms with Gasteiger partial charge in [-0.1, -0.05) is 58.3 Å². The Labute approximate surface area is 325 Å². The van der Waals surface area contributed by atoms with Gasteiger partial charge in [-0.25, -0.2) is 4.79 Å². The lowest BCUT2D eigenvalue weighted by Gasteiger charge is -2.50. The molecule has 0 bridgehead atoms. The zero-order valence-electron chi connectivity index (χ0n) is 31.9. The van der Waals surface area contributed by atoms with Gasteiger partial charge in [0.1, 0.15) is 67.1 Å². The van der Waals surface area contributed by atoms with Crippen LogP contribution in [0.2, 0.25) is 0 Å². The van der Waals surface area contributed by atoms with Gasteiger partial charge in [-0.2, -0.15) is 0 Å². The molecule has 0 aromatic heterocycles. The molecule has 3 fully saturated rings. The highest BCUT2D eigenvalue weighted by Crippen LogP contribution is 2.38. The van der Waals surface area contributed by atoms with E-state index in [1.54, 1.807) is 0 Å².